The number of esters is 1. The Kier molecular flexibility index (Phi) is 3.94. The summed E-state index contributed by atoms with van der Waals surface area (Å²) in [5, 5.41) is 2.72. The molecule has 0 amide bonds. The van der Waals surface area contributed by atoms with Gasteiger partial charge in [0, 0.05) is 11.1 Å². The fourth-order valence-corrected chi connectivity index (χ4v) is 2.11. The molecular weight excluding hydrogens is 250 g/mol. The highest BCUT2D eigenvalue weighted by molar-refractivity contribution is 7.09. The van der Waals surface area contributed by atoms with Crippen LogP contribution in [0.2, 0.25) is 0 Å². The van der Waals surface area contributed by atoms with Gasteiger partial charge in [0.05, 0.1) is 12.7 Å². The zero-order valence-electron chi connectivity index (χ0n) is 10.2. The lowest BCUT2D eigenvalue weighted by Gasteiger charge is -2.04. The molecule has 94 valence electrons. The molecule has 0 bridgehead atoms. The summed E-state index contributed by atoms with van der Waals surface area (Å²) >= 11 is 1.48. The monoisotopic (exact) mass is 263 g/mol. The quantitative estimate of drug-likeness (QED) is 0.796. The van der Waals surface area contributed by atoms with Crippen LogP contribution in [0, 0.1) is 6.92 Å². The van der Waals surface area contributed by atoms with Gasteiger partial charge in [-0.2, -0.15) is 0 Å². The summed E-state index contributed by atoms with van der Waals surface area (Å²) in [7, 11) is 1.56. The zero-order chi connectivity index (χ0) is 13.0. The maximum Gasteiger partial charge on any atom is 0.338 e. The molecule has 0 aliphatic heterocycles. The molecule has 0 spiro atoms. The number of methoxy groups -OCH3 is 1. The number of hydrogen-bond acceptors (Lipinski definition) is 5. The summed E-state index contributed by atoms with van der Waals surface area (Å²) in [5.74, 6) is 0.260. The molecule has 1 heterocycles. The minimum atomic E-state index is -0.373. The standard InChI is InChI=1S/C13H13NO3S/c1-9-8-18-12(14-9)7-17-13(15)10-4-3-5-11(6-10)16-2/h3-6,8H,7H2,1-2H3. The van der Waals surface area contributed by atoms with Crippen LogP contribution in [-0.2, 0) is 11.3 Å². The largest absolute Gasteiger partial charge is 0.497 e. The van der Waals surface area contributed by atoms with Crippen LogP contribution in [0.5, 0.6) is 5.75 Å². The number of hydrogen-bond donors (Lipinski definition) is 0. The van der Waals surface area contributed by atoms with E-state index in [4.69, 9.17) is 9.47 Å². The van der Waals surface area contributed by atoms with Gasteiger partial charge in [0.2, 0.25) is 0 Å². The van der Waals surface area contributed by atoms with E-state index in [1.165, 1.54) is 11.3 Å². The summed E-state index contributed by atoms with van der Waals surface area (Å²) < 4.78 is 10.2. The lowest BCUT2D eigenvalue weighted by Crippen LogP contribution is -2.05. The van der Waals surface area contributed by atoms with Crippen molar-refractivity contribution in [2.45, 2.75) is 13.5 Å². The van der Waals surface area contributed by atoms with Gasteiger partial charge in [0.1, 0.15) is 17.4 Å². The van der Waals surface area contributed by atoms with Crippen LogP contribution in [0.1, 0.15) is 21.1 Å². The van der Waals surface area contributed by atoms with Gasteiger partial charge in [-0.15, -0.1) is 11.3 Å². The molecule has 0 unspecified atom stereocenters. The first kappa shape index (κ1) is 12.6. The Balaban J connectivity index is 1.99. The summed E-state index contributed by atoms with van der Waals surface area (Å²) in [5.41, 5.74) is 1.41. The normalized spacial score (nSPS) is 10.1. The SMILES string of the molecule is COc1cccc(C(=O)OCc2nc(C)cs2)c1. The second-order valence-corrected chi connectivity index (χ2v) is 4.63. The third kappa shape index (κ3) is 3.07. The van der Waals surface area contributed by atoms with Gasteiger partial charge < -0.3 is 9.47 Å². The van der Waals surface area contributed by atoms with Crippen molar-refractivity contribution < 1.29 is 14.3 Å². The highest BCUT2D eigenvalue weighted by Gasteiger charge is 2.09. The van der Waals surface area contributed by atoms with E-state index >= 15 is 0 Å². The lowest BCUT2D eigenvalue weighted by molar-refractivity contribution is 0.0472. The van der Waals surface area contributed by atoms with Crippen molar-refractivity contribution in [1.82, 2.24) is 4.98 Å². The maximum absolute atomic E-state index is 11.8. The molecule has 0 aliphatic rings. The number of benzene rings is 1. The molecule has 1 aromatic carbocycles. The lowest BCUT2D eigenvalue weighted by atomic mass is 10.2. The van der Waals surface area contributed by atoms with Gasteiger partial charge in [-0.05, 0) is 25.1 Å². The fourth-order valence-electron chi connectivity index (χ4n) is 1.43. The van der Waals surface area contributed by atoms with Crippen molar-refractivity contribution in [2.75, 3.05) is 7.11 Å². The van der Waals surface area contributed by atoms with Gasteiger partial charge in [-0.25, -0.2) is 9.78 Å². The third-order valence-electron chi connectivity index (χ3n) is 2.30. The molecule has 0 fully saturated rings. The number of carbonyl (C=O) groups is 1. The van der Waals surface area contributed by atoms with E-state index in [1.54, 1.807) is 31.4 Å². The Morgan fingerprint density at radius 2 is 2.28 bits per heavy atom. The van der Waals surface area contributed by atoms with Crippen LogP contribution < -0.4 is 4.74 Å². The van der Waals surface area contributed by atoms with Gasteiger partial charge in [0.25, 0.3) is 0 Å². The number of thiazole rings is 1. The number of nitrogens with zero attached hydrogens (tertiary/aromatic N) is 1. The number of rotatable bonds is 4. The Morgan fingerprint density at radius 3 is 2.94 bits per heavy atom. The van der Waals surface area contributed by atoms with Crippen molar-refractivity contribution in [1.29, 1.82) is 0 Å². The Labute approximate surface area is 109 Å². The van der Waals surface area contributed by atoms with E-state index in [-0.39, 0.29) is 12.6 Å². The molecule has 2 rings (SSSR count). The first-order valence-corrected chi connectivity index (χ1v) is 6.29. The van der Waals surface area contributed by atoms with Crippen molar-refractivity contribution in [3.63, 3.8) is 0 Å². The summed E-state index contributed by atoms with van der Waals surface area (Å²) in [6, 6.07) is 6.87. The fraction of sp³-hybridized carbons (Fsp3) is 0.231. The Hall–Kier alpha value is -1.88. The van der Waals surface area contributed by atoms with Crippen LogP contribution in [0.4, 0.5) is 0 Å². The molecule has 5 heteroatoms. The van der Waals surface area contributed by atoms with E-state index in [2.05, 4.69) is 4.98 Å². The van der Waals surface area contributed by atoms with Gasteiger partial charge >= 0.3 is 5.97 Å². The van der Waals surface area contributed by atoms with E-state index in [1.807, 2.05) is 12.3 Å². The van der Waals surface area contributed by atoms with E-state index < -0.39 is 0 Å². The number of aryl methyl sites for hydroxylation is 1. The minimum absolute atomic E-state index is 0.203. The van der Waals surface area contributed by atoms with Crippen molar-refractivity contribution >= 4 is 17.3 Å². The topological polar surface area (TPSA) is 48.4 Å². The molecule has 2 aromatic rings. The van der Waals surface area contributed by atoms with Gasteiger partial charge in [0.15, 0.2) is 0 Å². The van der Waals surface area contributed by atoms with Crippen molar-refractivity contribution in [3.05, 3.63) is 45.9 Å². The summed E-state index contributed by atoms with van der Waals surface area (Å²) in [4.78, 5) is 16.0. The molecule has 0 aliphatic carbocycles. The highest BCUT2D eigenvalue weighted by atomic mass is 32.1. The maximum atomic E-state index is 11.8. The first-order valence-electron chi connectivity index (χ1n) is 5.41. The van der Waals surface area contributed by atoms with Crippen LogP contribution in [0.3, 0.4) is 0 Å². The molecule has 0 N–H and O–H groups in total. The molecular formula is C13H13NO3S. The molecule has 0 atom stereocenters. The summed E-state index contributed by atoms with van der Waals surface area (Å²) in [6.07, 6.45) is 0. The minimum Gasteiger partial charge on any atom is -0.497 e. The smallest absolute Gasteiger partial charge is 0.338 e. The van der Waals surface area contributed by atoms with Gasteiger partial charge in [-0.1, -0.05) is 6.07 Å². The predicted octanol–water partition coefficient (Wildman–Crippen LogP) is 2.82. The zero-order valence-corrected chi connectivity index (χ0v) is 11.0. The number of aromatic nitrogens is 1. The molecule has 0 radical (unpaired) electrons. The molecule has 1 aromatic heterocycles. The molecule has 18 heavy (non-hydrogen) atoms. The Morgan fingerprint density at radius 1 is 1.44 bits per heavy atom. The Bertz CT molecular complexity index is 551. The first-order chi connectivity index (χ1) is 8.69. The summed E-state index contributed by atoms with van der Waals surface area (Å²) in [6.45, 7) is 2.11. The van der Waals surface area contributed by atoms with Crippen LogP contribution in [0.15, 0.2) is 29.6 Å². The average Bonchev–Trinajstić information content (AvgIpc) is 2.82. The van der Waals surface area contributed by atoms with Crippen molar-refractivity contribution in [2.24, 2.45) is 0 Å². The molecule has 0 saturated heterocycles. The van der Waals surface area contributed by atoms with Crippen molar-refractivity contribution in [3.8, 4) is 5.75 Å². The highest BCUT2D eigenvalue weighted by Crippen LogP contribution is 2.15. The molecule has 0 saturated carbocycles. The average molecular weight is 263 g/mol. The van der Waals surface area contributed by atoms with E-state index in [0.29, 0.717) is 11.3 Å². The van der Waals surface area contributed by atoms with Crippen LogP contribution in [-0.4, -0.2) is 18.1 Å². The van der Waals surface area contributed by atoms with Crippen LogP contribution >= 0.6 is 11.3 Å². The third-order valence-corrected chi connectivity index (χ3v) is 3.24. The van der Waals surface area contributed by atoms with Gasteiger partial charge in [-0.3, -0.25) is 0 Å². The predicted molar refractivity (Wildman–Crippen MR) is 69.0 cm³/mol. The number of carbonyl (C=O) groups excluding carboxylic acids is 1. The second-order valence-electron chi connectivity index (χ2n) is 3.69. The molecule has 4 nitrogen and oxygen atoms in total. The van der Waals surface area contributed by atoms with E-state index in [9.17, 15) is 4.79 Å². The van der Waals surface area contributed by atoms with E-state index in [0.717, 1.165) is 10.7 Å². The van der Waals surface area contributed by atoms with Crippen LogP contribution in [0.25, 0.3) is 0 Å². The number of ether oxygens (including phenoxy) is 2. The second kappa shape index (κ2) is 5.64.